The largest absolute Gasteiger partial charge is 0.493 e. The van der Waals surface area contributed by atoms with Gasteiger partial charge in [0, 0.05) is 25.0 Å². The molecular formula is C22H27ClN2O4. The molecule has 0 saturated heterocycles. The molecule has 0 fully saturated rings. The van der Waals surface area contributed by atoms with Crippen LogP contribution in [0.3, 0.4) is 0 Å². The fraction of sp³-hybridized carbons (Fsp3) is 0.364. The van der Waals surface area contributed by atoms with E-state index in [9.17, 15) is 9.59 Å². The van der Waals surface area contributed by atoms with Crippen molar-refractivity contribution in [3.05, 3.63) is 58.6 Å². The van der Waals surface area contributed by atoms with Crippen molar-refractivity contribution < 1.29 is 19.1 Å². The van der Waals surface area contributed by atoms with E-state index >= 15 is 0 Å². The molecule has 1 atom stereocenters. The number of hydrogen-bond donors (Lipinski definition) is 1. The average Bonchev–Trinajstić information content (AvgIpc) is 2.75. The van der Waals surface area contributed by atoms with Crippen molar-refractivity contribution in [3.8, 4) is 11.5 Å². The molecule has 2 amide bonds. The number of methoxy groups -OCH3 is 2. The van der Waals surface area contributed by atoms with Gasteiger partial charge in [0.05, 0.1) is 14.2 Å². The van der Waals surface area contributed by atoms with Crippen molar-refractivity contribution in [1.29, 1.82) is 0 Å². The van der Waals surface area contributed by atoms with Gasteiger partial charge in [0.25, 0.3) is 0 Å². The van der Waals surface area contributed by atoms with Crippen LogP contribution < -0.4 is 14.8 Å². The number of hydrogen-bond acceptors (Lipinski definition) is 4. The first kappa shape index (κ1) is 22.6. The molecule has 2 aromatic carbocycles. The van der Waals surface area contributed by atoms with Crippen LogP contribution in [0.1, 0.15) is 24.5 Å². The molecule has 0 unspecified atom stereocenters. The molecule has 0 saturated carbocycles. The molecule has 2 aromatic rings. The zero-order valence-corrected chi connectivity index (χ0v) is 18.0. The highest BCUT2D eigenvalue weighted by molar-refractivity contribution is 6.31. The van der Waals surface area contributed by atoms with Gasteiger partial charge < -0.3 is 19.7 Å². The third-order valence-corrected chi connectivity index (χ3v) is 5.16. The van der Waals surface area contributed by atoms with E-state index in [1.807, 2.05) is 36.4 Å². The van der Waals surface area contributed by atoms with Crippen LogP contribution in [-0.4, -0.2) is 44.0 Å². The van der Waals surface area contributed by atoms with Crippen molar-refractivity contribution in [3.63, 3.8) is 0 Å². The molecule has 156 valence electrons. The zero-order valence-electron chi connectivity index (χ0n) is 17.2. The van der Waals surface area contributed by atoms with Crippen molar-refractivity contribution in [2.24, 2.45) is 0 Å². The van der Waals surface area contributed by atoms with Gasteiger partial charge in [-0.1, -0.05) is 35.9 Å². The molecule has 0 aliphatic rings. The number of amides is 2. The number of benzene rings is 2. The van der Waals surface area contributed by atoms with E-state index in [4.69, 9.17) is 21.1 Å². The van der Waals surface area contributed by atoms with E-state index < -0.39 is 6.04 Å². The first-order valence-corrected chi connectivity index (χ1v) is 9.74. The standard InChI is InChI=1S/C22H27ClN2O4/c1-15(22(27)24-2)25(14-17-7-5-6-8-18(17)23)21(26)12-10-16-9-11-19(28-3)20(13-16)29-4/h5-9,11,13,15H,10,12,14H2,1-4H3,(H,24,27)/t15-/m1/s1. The van der Waals surface area contributed by atoms with Crippen LogP contribution in [0.5, 0.6) is 11.5 Å². The minimum atomic E-state index is -0.617. The summed E-state index contributed by atoms with van der Waals surface area (Å²) >= 11 is 6.26. The first-order valence-electron chi connectivity index (χ1n) is 9.36. The van der Waals surface area contributed by atoms with Crippen LogP contribution >= 0.6 is 11.6 Å². The Balaban J connectivity index is 2.16. The number of likely N-dealkylation sites (N-methyl/N-ethyl adjacent to an activating group) is 1. The van der Waals surface area contributed by atoms with Crippen LogP contribution in [0.2, 0.25) is 5.02 Å². The SMILES string of the molecule is CNC(=O)[C@@H](C)N(Cc1ccccc1Cl)C(=O)CCc1ccc(OC)c(OC)c1. The van der Waals surface area contributed by atoms with Gasteiger partial charge in [-0.05, 0) is 42.7 Å². The maximum Gasteiger partial charge on any atom is 0.242 e. The second-order valence-electron chi connectivity index (χ2n) is 6.59. The average molecular weight is 419 g/mol. The summed E-state index contributed by atoms with van der Waals surface area (Å²) in [6.45, 7) is 1.98. The minimum absolute atomic E-state index is 0.129. The Morgan fingerprint density at radius 1 is 1.10 bits per heavy atom. The van der Waals surface area contributed by atoms with Crippen molar-refractivity contribution >= 4 is 23.4 Å². The Labute approximate surface area is 176 Å². The summed E-state index contributed by atoms with van der Waals surface area (Å²) in [5, 5.41) is 3.17. The highest BCUT2D eigenvalue weighted by atomic mass is 35.5. The molecule has 29 heavy (non-hydrogen) atoms. The van der Waals surface area contributed by atoms with E-state index in [0.717, 1.165) is 11.1 Å². The lowest BCUT2D eigenvalue weighted by Crippen LogP contribution is -2.46. The third kappa shape index (κ3) is 5.87. The number of rotatable bonds is 9. The van der Waals surface area contributed by atoms with Gasteiger partial charge in [-0.25, -0.2) is 0 Å². The highest BCUT2D eigenvalue weighted by Gasteiger charge is 2.25. The van der Waals surface area contributed by atoms with Crippen LogP contribution in [0.4, 0.5) is 0 Å². The van der Waals surface area contributed by atoms with Crippen LogP contribution in [0, 0.1) is 0 Å². The predicted octanol–water partition coefficient (Wildman–Crippen LogP) is 3.45. The smallest absolute Gasteiger partial charge is 0.242 e. The van der Waals surface area contributed by atoms with Gasteiger partial charge in [-0.3, -0.25) is 9.59 Å². The second-order valence-corrected chi connectivity index (χ2v) is 7.00. The number of halogens is 1. The van der Waals surface area contributed by atoms with Gasteiger partial charge in [0.15, 0.2) is 11.5 Å². The zero-order chi connectivity index (χ0) is 21.4. The van der Waals surface area contributed by atoms with E-state index in [1.54, 1.807) is 39.2 Å². The molecule has 1 N–H and O–H groups in total. The van der Waals surface area contributed by atoms with Crippen molar-refractivity contribution in [2.75, 3.05) is 21.3 Å². The van der Waals surface area contributed by atoms with Gasteiger partial charge in [-0.2, -0.15) is 0 Å². The summed E-state index contributed by atoms with van der Waals surface area (Å²) in [5.41, 5.74) is 1.74. The molecule has 0 aliphatic heterocycles. The van der Waals surface area contributed by atoms with E-state index in [2.05, 4.69) is 5.32 Å². The maximum atomic E-state index is 13.0. The summed E-state index contributed by atoms with van der Waals surface area (Å²) in [6.07, 6.45) is 0.764. The number of ether oxygens (including phenoxy) is 2. The summed E-state index contributed by atoms with van der Waals surface area (Å²) in [5.74, 6) is 0.896. The lowest BCUT2D eigenvalue weighted by molar-refractivity contribution is -0.140. The number of aryl methyl sites for hydroxylation is 1. The quantitative estimate of drug-likeness (QED) is 0.677. The Kier molecular flexibility index (Phi) is 8.34. The van der Waals surface area contributed by atoms with Crippen molar-refractivity contribution in [1.82, 2.24) is 10.2 Å². The molecule has 2 rings (SSSR count). The topological polar surface area (TPSA) is 67.9 Å². The molecule has 0 bridgehead atoms. The maximum absolute atomic E-state index is 13.0. The molecule has 0 aliphatic carbocycles. The van der Waals surface area contributed by atoms with Gasteiger partial charge in [0.1, 0.15) is 6.04 Å². The number of carbonyl (C=O) groups is 2. The summed E-state index contributed by atoms with van der Waals surface area (Å²) in [6, 6.07) is 12.3. The fourth-order valence-electron chi connectivity index (χ4n) is 3.03. The molecule has 0 heterocycles. The first-order chi connectivity index (χ1) is 13.9. The lowest BCUT2D eigenvalue weighted by atomic mass is 10.1. The predicted molar refractivity (Wildman–Crippen MR) is 113 cm³/mol. The minimum Gasteiger partial charge on any atom is -0.493 e. The van der Waals surface area contributed by atoms with Crippen LogP contribution in [0.15, 0.2) is 42.5 Å². The van der Waals surface area contributed by atoms with Crippen molar-refractivity contribution in [2.45, 2.75) is 32.4 Å². The van der Waals surface area contributed by atoms with Gasteiger partial charge >= 0.3 is 0 Å². The Bertz CT molecular complexity index is 856. The van der Waals surface area contributed by atoms with Gasteiger partial charge in [-0.15, -0.1) is 0 Å². The number of nitrogens with zero attached hydrogens (tertiary/aromatic N) is 1. The molecule has 7 heteroatoms. The second kappa shape index (κ2) is 10.7. The lowest BCUT2D eigenvalue weighted by Gasteiger charge is -2.28. The molecule has 6 nitrogen and oxygen atoms in total. The van der Waals surface area contributed by atoms with E-state index in [0.29, 0.717) is 22.9 Å². The highest BCUT2D eigenvalue weighted by Crippen LogP contribution is 2.28. The summed E-state index contributed by atoms with van der Waals surface area (Å²) < 4.78 is 10.6. The van der Waals surface area contributed by atoms with E-state index in [-0.39, 0.29) is 24.8 Å². The Hall–Kier alpha value is -2.73. The normalized spacial score (nSPS) is 11.5. The van der Waals surface area contributed by atoms with E-state index in [1.165, 1.54) is 0 Å². The molecule has 0 aromatic heterocycles. The fourth-order valence-corrected chi connectivity index (χ4v) is 3.23. The van der Waals surface area contributed by atoms with Gasteiger partial charge in [0.2, 0.25) is 11.8 Å². The molecular weight excluding hydrogens is 392 g/mol. The summed E-state index contributed by atoms with van der Waals surface area (Å²) in [7, 11) is 4.71. The Morgan fingerprint density at radius 2 is 1.79 bits per heavy atom. The molecule has 0 radical (unpaired) electrons. The van der Waals surface area contributed by atoms with Crippen LogP contribution in [0.25, 0.3) is 0 Å². The summed E-state index contributed by atoms with van der Waals surface area (Å²) in [4.78, 5) is 26.8. The number of carbonyl (C=O) groups excluding carboxylic acids is 2. The third-order valence-electron chi connectivity index (χ3n) is 4.79. The Morgan fingerprint density at radius 3 is 2.41 bits per heavy atom. The van der Waals surface area contributed by atoms with Crippen LogP contribution in [-0.2, 0) is 22.6 Å². The monoisotopic (exact) mass is 418 g/mol. The number of nitrogens with one attached hydrogen (secondary N) is 1. The molecule has 0 spiro atoms.